The van der Waals surface area contributed by atoms with Crippen molar-refractivity contribution in [2.45, 2.75) is 18.6 Å². The normalized spacial score (nSPS) is 13.0. The number of ether oxygens (including phenoxy) is 1. The smallest absolute Gasteiger partial charge is 0.262 e. The van der Waals surface area contributed by atoms with Gasteiger partial charge in [0.25, 0.3) is 5.91 Å². The summed E-state index contributed by atoms with van der Waals surface area (Å²) >= 11 is 1.32. The molecule has 1 aliphatic heterocycles. The minimum absolute atomic E-state index is 0.00550. The SMILES string of the molecule is C=CCn1c(C)nnc1SCC(=O)c1ccc2c(c1)NC(=O)CO2. The fourth-order valence-corrected chi connectivity index (χ4v) is 3.17. The maximum atomic E-state index is 12.4. The van der Waals surface area contributed by atoms with Gasteiger partial charge in [-0.05, 0) is 25.1 Å². The van der Waals surface area contributed by atoms with Crippen molar-refractivity contribution < 1.29 is 14.3 Å². The first-order valence-electron chi connectivity index (χ1n) is 7.32. The van der Waals surface area contributed by atoms with Crippen molar-refractivity contribution in [1.29, 1.82) is 0 Å². The van der Waals surface area contributed by atoms with E-state index in [0.717, 1.165) is 5.82 Å². The average Bonchev–Trinajstić information content (AvgIpc) is 2.92. The lowest BCUT2D eigenvalue weighted by Gasteiger charge is -2.18. The van der Waals surface area contributed by atoms with Crippen LogP contribution in [-0.4, -0.2) is 38.8 Å². The summed E-state index contributed by atoms with van der Waals surface area (Å²) in [6, 6.07) is 5.02. The van der Waals surface area contributed by atoms with E-state index in [1.165, 1.54) is 11.8 Å². The number of anilines is 1. The molecule has 1 aliphatic rings. The lowest BCUT2D eigenvalue weighted by atomic mass is 10.1. The summed E-state index contributed by atoms with van der Waals surface area (Å²) in [6.07, 6.45) is 1.76. The zero-order chi connectivity index (χ0) is 17.1. The number of carbonyl (C=O) groups excluding carboxylic acids is 2. The molecule has 0 spiro atoms. The fourth-order valence-electron chi connectivity index (χ4n) is 2.28. The van der Waals surface area contributed by atoms with Crippen molar-refractivity contribution in [3.63, 3.8) is 0 Å². The molecule has 1 amide bonds. The number of amides is 1. The van der Waals surface area contributed by atoms with Gasteiger partial charge in [-0.2, -0.15) is 0 Å². The number of nitrogens with zero attached hydrogens (tertiary/aromatic N) is 3. The second-order valence-electron chi connectivity index (χ2n) is 5.19. The van der Waals surface area contributed by atoms with Crippen LogP contribution in [0.25, 0.3) is 0 Å². The number of hydrogen-bond donors (Lipinski definition) is 1. The highest BCUT2D eigenvalue weighted by molar-refractivity contribution is 7.99. The number of carbonyl (C=O) groups is 2. The molecule has 8 heteroatoms. The van der Waals surface area contributed by atoms with Crippen LogP contribution in [0.2, 0.25) is 0 Å². The van der Waals surface area contributed by atoms with Gasteiger partial charge in [-0.1, -0.05) is 17.8 Å². The van der Waals surface area contributed by atoms with E-state index in [1.54, 1.807) is 24.3 Å². The summed E-state index contributed by atoms with van der Waals surface area (Å²) in [7, 11) is 0. The lowest BCUT2D eigenvalue weighted by Crippen LogP contribution is -2.25. The third-order valence-corrected chi connectivity index (χ3v) is 4.45. The van der Waals surface area contributed by atoms with Crippen molar-refractivity contribution in [2.24, 2.45) is 0 Å². The van der Waals surface area contributed by atoms with Crippen LogP contribution in [0.3, 0.4) is 0 Å². The maximum absolute atomic E-state index is 12.4. The molecule has 2 heterocycles. The number of benzene rings is 1. The molecule has 124 valence electrons. The number of rotatable bonds is 6. The predicted molar refractivity (Wildman–Crippen MR) is 90.6 cm³/mol. The Morgan fingerprint density at radius 2 is 2.33 bits per heavy atom. The molecule has 0 fully saturated rings. The van der Waals surface area contributed by atoms with E-state index >= 15 is 0 Å². The van der Waals surface area contributed by atoms with Gasteiger partial charge in [-0.25, -0.2) is 0 Å². The molecule has 0 atom stereocenters. The van der Waals surface area contributed by atoms with Gasteiger partial charge in [0.15, 0.2) is 17.5 Å². The number of nitrogens with one attached hydrogen (secondary N) is 1. The first-order chi connectivity index (χ1) is 11.6. The molecule has 0 unspecified atom stereocenters. The summed E-state index contributed by atoms with van der Waals surface area (Å²) < 4.78 is 7.18. The number of aromatic nitrogens is 3. The summed E-state index contributed by atoms with van der Waals surface area (Å²) in [5.74, 6) is 1.28. The molecule has 24 heavy (non-hydrogen) atoms. The summed E-state index contributed by atoms with van der Waals surface area (Å²) in [6.45, 7) is 6.15. The number of Topliss-reactive ketones (excluding diaryl/α,β-unsaturated/α-hetero) is 1. The van der Waals surface area contributed by atoms with Gasteiger partial charge >= 0.3 is 0 Å². The van der Waals surface area contributed by atoms with Gasteiger partial charge in [-0.15, -0.1) is 16.8 Å². The molecule has 2 aromatic rings. The van der Waals surface area contributed by atoms with E-state index in [0.29, 0.717) is 28.7 Å². The maximum Gasteiger partial charge on any atom is 0.262 e. The van der Waals surface area contributed by atoms with Crippen LogP contribution in [0.5, 0.6) is 5.75 Å². The molecule has 0 saturated carbocycles. The Morgan fingerprint density at radius 1 is 1.50 bits per heavy atom. The Bertz CT molecular complexity index is 816. The van der Waals surface area contributed by atoms with Crippen LogP contribution < -0.4 is 10.1 Å². The molecule has 7 nitrogen and oxygen atoms in total. The molecule has 0 bridgehead atoms. The molecule has 1 N–H and O–H groups in total. The highest BCUT2D eigenvalue weighted by atomic mass is 32.2. The van der Waals surface area contributed by atoms with E-state index in [1.807, 2.05) is 11.5 Å². The average molecular weight is 344 g/mol. The predicted octanol–water partition coefficient (Wildman–Crippen LogP) is 2.08. The fraction of sp³-hybridized carbons (Fsp3) is 0.250. The van der Waals surface area contributed by atoms with Crippen LogP contribution >= 0.6 is 11.8 Å². The Balaban J connectivity index is 1.71. The molecule has 1 aromatic carbocycles. The Morgan fingerprint density at radius 3 is 3.12 bits per heavy atom. The number of aryl methyl sites for hydroxylation is 1. The zero-order valence-electron chi connectivity index (χ0n) is 13.1. The van der Waals surface area contributed by atoms with E-state index in [2.05, 4.69) is 22.1 Å². The quantitative estimate of drug-likeness (QED) is 0.490. The Hall–Kier alpha value is -2.61. The number of hydrogen-bond acceptors (Lipinski definition) is 6. The van der Waals surface area contributed by atoms with E-state index in [-0.39, 0.29) is 24.1 Å². The highest BCUT2D eigenvalue weighted by Gasteiger charge is 2.18. The molecule has 1 aromatic heterocycles. The van der Waals surface area contributed by atoms with Gasteiger partial charge in [-0.3, -0.25) is 9.59 Å². The van der Waals surface area contributed by atoms with E-state index in [4.69, 9.17) is 4.74 Å². The second-order valence-corrected chi connectivity index (χ2v) is 6.13. The number of thioether (sulfide) groups is 1. The van der Waals surface area contributed by atoms with Crippen LogP contribution in [0.1, 0.15) is 16.2 Å². The zero-order valence-corrected chi connectivity index (χ0v) is 13.9. The van der Waals surface area contributed by atoms with Crippen LogP contribution in [-0.2, 0) is 11.3 Å². The molecular formula is C16H16N4O3S. The molecular weight excluding hydrogens is 328 g/mol. The second kappa shape index (κ2) is 6.88. The van der Waals surface area contributed by atoms with Crippen LogP contribution in [0, 0.1) is 6.92 Å². The van der Waals surface area contributed by atoms with Gasteiger partial charge in [0.05, 0.1) is 11.4 Å². The van der Waals surface area contributed by atoms with Gasteiger partial charge in [0.2, 0.25) is 0 Å². The minimum atomic E-state index is -0.227. The highest BCUT2D eigenvalue weighted by Crippen LogP contribution is 2.29. The molecule has 0 aliphatic carbocycles. The van der Waals surface area contributed by atoms with Crippen molar-refractivity contribution in [3.8, 4) is 5.75 Å². The van der Waals surface area contributed by atoms with Gasteiger partial charge in [0, 0.05) is 12.1 Å². The summed E-state index contributed by atoms with van der Waals surface area (Å²) in [5, 5.41) is 11.5. The van der Waals surface area contributed by atoms with Crippen molar-refractivity contribution in [3.05, 3.63) is 42.2 Å². The third-order valence-electron chi connectivity index (χ3n) is 3.48. The number of fused-ring (bicyclic) bond motifs is 1. The lowest BCUT2D eigenvalue weighted by molar-refractivity contribution is -0.118. The first-order valence-corrected chi connectivity index (χ1v) is 8.30. The summed E-state index contributed by atoms with van der Waals surface area (Å²) in [5.41, 5.74) is 1.03. The van der Waals surface area contributed by atoms with Gasteiger partial charge < -0.3 is 14.6 Å². The van der Waals surface area contributed by atoms with E-state index < -0.39 is 0 Å². The number of ketones is 1. The minimum Gasteiger partial charge on any atom is -0.482 e. The summed E-state index contributed by atoms with van der Waals surface area (Å²) in [4.78, 5) is 23.8. The molecule has 0 radical (unpaired) electrons. The third kappa shape index (κ3) is 3.33. The molecule has 3 rings (SSSR count). The van der Waals surface area contributed by atoms with E-state index in [9.17, 15) is 9.59 Å². The number of allylic oxidation sites excluding steroid dienone is 1. The standard InChI is InChI=1S/C16H16N4O3S/c1-3-6-20-10(2)18-19-16(20)24-9-13(21)11-4-5-14-12(7-11)17-15(22)8-23-14/h3-5,7H,1,6,8-9H2,2H3,(H,17,22). The Kier molecular flexibility index (Phi) is 4.66. The van der Waals surface area contributed by atoms with Gasteiger partial charge in [0.1, 0.15) is 11.6 Å². The molecule has 0 saturated heterocycles. The monoisotopic (exact) mass is 344 g/mol. The van der Waals surface area contributed by atoms with Crippen LogP contribution in [0.15, 0.2) is 36.0 Å². The van der Waals surface area contributed by atoms with Crippen molar-refractivity contribution >= 4 is 29.1 Å². The Labute approximate surface area is 143 Å². The van der Waals surface area contributed by atoms with Crippen molar-refractivity contribution in [2.75, 3.05) is 17.7 Å². The topological polar surface area (TPSA) is 86.1 Å². The van der Waals surface area contributed by atoms with Crippen molar-refractivity contribution in [1.82, 2.24) is 14.8 Å². The largest absolute Gasteiger partial charge is 0.482 e. The van der Waals surface area contributed by atoms with Crippen LogP contribution in [0.4, 0.5) is 5.69 Å². The first kappa shape index (κ1) is 16.3.